The van der Waals surface area contributed by atoms with E-state index in [9.17, 15) is 4.79 Å². The summed E-state index contributed by atoms with van der Waals surface area (Å²) in [6.07, 6.45) is 2.35. The normalized spacial score (nSPS) is 12.1. The second-order valence-electron chi connectivity index (χ2n) is 4.38. The number of hydrogen-bond acceptors (Lipinski definition) is 3. The number of rotatable bonds is 6. The molecule has 0 saturated heterocycles. The minimum atomic E-state index is -0.176. The molecule has 1 amide bonds. The Morgan fingerprint density at radius 1 is 1.33 bits per heavy atom. The van der Waals surface area contributed by atoms with Crippen LogP contribution in [0.25, 0.3) is 0 Å². The lowest BCUT2D eigenvalue weighted by molar-refractivity contribution is -0.115. The van der Waals surface area contributed by atoms with Crippen LogP contribution in [0.5, 0.6) is 0 Å². The van der Waals surface area contributed by atoms with Crippen LogP contribution in [0.2, 0.25) is 10.0 Å². The number of amides is 1. The molecule has 1 heterocycles. The summed E-state index contributed by atoms with van der Waals surface area (Å²) in [5.74, 6) is 1.42. The third-order valence-corrected chi connectivity index (χ3v) is 5.10. The summed E-state index contributed by atoms with van der Waals surface area (Å²) in [7, 11) is 0. The molecule has 0 aliphatic heterocycles. The minimum absolute atomic E-state index is 0.0850. The maximum Gasteiger partial charge on any atom is 0.237 e. The van der Waals surface area contributed by atoms with Crippen LogP contribution in [-0.4, -0.2) is 11.2 Å². The number of carbonyl (C=O) groups excluding carboxylic acids is 1. The Hall–Kier alpha value is -1.10. The summed E-state index contributed by atoms with van der Waals surface area (Å²) in [4.78, 5) is 12.3. The summed E-state index contributed by atoms with van der Waals surface area (Å²) in [5.41, 5.74) is 0.534. The van der Waals surface area contributed by atoms with Crippen LogP contribution in [0.1, 0.15) is 19.1 Å². The van der Waals surface area contributed by atoms with Gasteiger partial charge in [0, 0.05) is 0 Å². The highest BCUT2D eigenvalue weighted by Crippen LogP contribution is 2.30. The van der Waals surface area contributed by atoms with Gasteiger partial charge in [0.05, 0.1) is 33.0 Å². The van der Waals surface area contributed by atoms with E-state index in [1.807, 2.05) is 19.1 Å². The number of furan rings is 1. The van der Waals surface area contributed by atoms with Gasteiger partial charge in [0.15, 0.2) is 0 Å². The summed E-state index contributed by atoms with van der Waals surface area (Å²) >= 11 is 13.5. The molecule has 3 nitrogen and oxygen atoms in total. The summed E-state index contributed by atoms with van der Waals surface area (Å²) in [5, 5.41) is 3.43. The zero-order valence-electron chi connectivity index (χ0n) is 11.4. The SMILES string of the molecule is CCC(SCc1ccco1)C(=O)Nc1cccc(Cl)c1Cl. The summed E-state index contributed by atoms with van der Waals surface area (Å²) in [6, 6.07) is 8.90. The molecule has 2 rings (SSSR count). The fourth-order valence-electron chi connectivity index (χ4n) is 1.77. The predicted molar refractivity (Wildman–Crippen MR) is 89.2 cm³/mol. The van der Waals surface area contributed by atoms with Gasteiger partial charge < -0.3 is 9.73 Å². The lowest BCUT2D eigenvalue weighted by Gasteiger charge is -2.15. The van der Waals surface area contributed by atoms with E-state index in [1.54, 1.807) is 24.5 Å². The van der Waals surface area contributed by atoms with Crippen molar-refractivity contribution in [1.29, 1.82) is 0 Å². The van der Waals surface area contributed by atoms with Gasteiger partial charge in [-0.15, -0.1) is 11.8 Å². The molecule has 0 saturated carbocycles. The van der Waals surface area contributed by atoms with E-state index < -0.39 is 0 Å². The number of hydrogen-bond donors (Lipinski definition) is 1. The highest BCUT2D eigenvalue weighted by Gasteiger charge is 2.19. The Morgan fingerprint density at radius 2 is 2.14 bits per heavy atom. The van der Waals surface area contributed by atoms with E-state index in [-0.39, 0.29) is 11.2 Å². The molecular formula is C15H15Cl2NO2S. The van der Waals surface area contributed by atoms with Crippen LogP contribution in [0.3, 0.4) is 0 Å². The fourth-order valence-corrected chi connectivity index (χ4v) is 3.09. The van der Waals surface area contributed by atoms with E-state index in [1.165, 1.54) is 11.8 Å². The quantitative estimate of drug-likeness (QED) is 0.779. The molecule has 0 aliphatic carbocycles. The average molecular weight is 344 g/mol. The van der Waals surface area contributed by atoms with E-state index in [4.69, 9.17) is 27.6 Å². The molecule has 1 atom stereocenters. The van der Waals surface area contributed by atoms with Crippen molar-refractivity contribution in [1.82, 2.24) is 0 Å². The molecule has 0 fully saturated rings. The number of nitrogens with one attached hydrogen (secondary N) is 1. The molecule has 2 aromatic rings. The Bertz CT molecular complexity index is 602. The van der Waals surface area contributed by atoms with Gasteiger partial charge >= 0.3 is 0 Å². The number of thioether (sulfide) groups is 1. The second kappa shape index (κ2) is 7.78. The van der Waals surface area contributed by atoms with E-state index in [0.29, 0.717) is 21.5 Å². The van der Waals surface area contributed by atoms with Crippen molar-refractivity contribution in [3.63, 3.8) is 0 Å². The van der Waals surface area contributed by atoms with E-state index in [0.717, 1.165) is 12.2 Å². The number of benzene rings is 1. The molecule has 1 aromatic carbocycles. The molecule has 0 spiro atoms. The van der Waals surface area contributed by atoms with Crippen LogP contribution in [-0.2, 0) is 10.5 Å². The zero-order valence-corrected chi connectivity index (χ0v) is 13.8. The number of carbonyl (C=O) groups is 1. The highest BCUT2D eigenvalue weighted by molar-refractivity contribution is 7.99. The molecule has 0 radical (unpaired) electrons. The highest BCUT2D eigenvalue weighted by atomic mass is 35.5. The fraction of sp³-hybridized carbons (Fsp3) is 0.267. The topological polar surface area (TPSA) is 42.2 Å². The van der Waals surface area contributed by atoms with E-state index in [2.05, 4.69) is 5.32 Å². The van der Waals surface area contributed by atoms with Crippen LogP contribution in [0.4, 0.5) is 5.69 Å². The lowest BCUT2D eigenvalue weighted by Crippen LogP contribution is -2.24. The van der Waals surface area contributed by atoms with Crippen LogP contribution < -0.4 is 5.32 Å². The van der Waals surface area contributed by atoms with Gasteiger partial charge in [0.1, 0.15) is 5.76 Å². The second-order valence-corrected chi connectivity index (χ2v) is 6.35. The molecular weight excluding hydrogens is 329 g/mol. The smallest absolute Gasteiger partial charge is 0.237 e. The van der Waals surface area contributed by atoms with Crippen molar-refractivity contribution < 1.29 is 9.21 Å². The summed E-state index contributed by atoms with van der Waals surface area (Å²) < 4.78 is 5.27. The van der Waals surface area contributed by atoms with Gasteiger partial charge in [-0.05, 0) is 30.7 Å². The van der Waals surface area contributed by atoms with Crippen molar-refractivity contribution >= 4 is 46.6 Å². The molecule has 1 N–H and O–H groups in total. The van der Waals surface area contributed by atoms with Crippen molar-refractivity contribution in [2.75, 3.05) is 5.32 Å². The van der Waals surface area contributed by atoms with Crippen molar-refractivity contribution in [3.05, 3.63) is 52.4 Å². The standard InChI is InChI=1S/C15H15Cl2NO2S/c1-2-13(21-9-10-5-4-8-20-10)15(19)18-12-7-3-6-11(16)14(12)17/h3-8,13H,2,9H2,1H3,(H,18,19). The van der Waals surface area contributed by atoms with Crippen LogP contribution in [0.15, 0.2) is 41.0 Å². The largest absolute Gasteiger partial charge is 0.468 e. The molecule has 1 aromatic heterocycles. The van der Waals surface area contributed by atoms with Crippen LogP contribution >= 0.6 is 35.0 Å². The Kier molecular flexibility index (Phi) is 6.03. The van der Waals surface area contributed by atoms with Crippen LogP contribution in [0, 0.1) is 0 Å². The first-order valence-corrected chi connectivity index (χ1v) is 8.31. The zero-order chi connectivity index (χ0) is 15.2. The predicted octanol–water partition coefficient (Wildman–Crippen LogP) is 5.24. The lowest BCUT2D eigenvalue weighted by atomic mass is 10.2. The van der Waals surface area contributed by atoms with Gasteiger partial charge in [0.2, 0.25) is 5.91 Å². The maximum atomic E-state index is 12.3. The molecule has 0 aliphatic rings. The number of halogens is 2. The van der Waals surface area contributed by atoms with Crippen molar-refractivity contribution in [2.45, 2.75) is 24.3 Å². The number of anilines is 1. The monoisotopic (exact) mass is 343 g/mol. The Labute approximate surface area is 138 Å². The Balaban J connectivity index is 1.98. The maximum absolute atomic E-state index is 12.3. The summed E-state index contributed by atoms with van der Waals surface area (Å²) in [6.45, 7) is 1.97. The first kappa shape index (κ1) is 16.3. The third kappa shape index (κ3) is 4.43. The van der Waals surface area contributed by atoms with Gasteiger partial charge in [-0.2, -0.15) is 0 Å². The molecule has 1 unspecified atom stereocenters. The molecule has 0 bridgehead atoms. The first-order chi connectivity index (χ1) is 10.1. The van der Waals surface area contributed by atoms with Gasteiger partial charge in [-0.25, -0.2) is 0 Å². The van der Waals surface area contributed by atoms with Gasteiger partial charge in [-0.1, -0.05) is 36.2 Å². The van der Waals surface area contributed by atoms with Crippen molar-refractivity contribution in [2.24, 2.45) is 0 Å². The average Bonchev–Trinajstić information content (AvgIpc) is 2.98. The van der Waals surface area contributed by atoms with E-state index >= 15 is 0 Å². The first-order valence-electron chi connectivity index (χ1n) is 6.50. The molecule has 6 heteroatoms. The molecule has 21 heavy (non-hydrogen) atoms. The minimum Gasteiger partial charge on any atom is -0.468 e. The third-order valence-electron chi connectivity index (χ3n) is 2.88. The Morgan fingerprint density at radius 3 is 2.81 bits per heavy atom. The van der Waals surface area contributed by atoms with Gasteiger partial charge in [0.25, 0.3) is 0 Å². The molecule has 112 valence electrons. The van der Waals surface area contributed by atoms with Crippen molar-refractivity contribution in [3.8, 4) is 0 Å². The van der Waals surface area contributed by atoms with Gasteiger partial charge in [-0.3, -0.25) is 4.79 Å².